The summed E-state index contributed by atoms with van der Waals surface area (Å²) < 4.78 is 19.5. The zero-order valence-electron chi connectivity index (χ0n) is 15.5. The molecule has 0 aliphatic rings. The molecule has 4 aromatic carbocycles. The molecule has 0 radical (unpaired) electrons. The Labute approximate surface area is 178 Å². The molecule has 0 heterocycles. The maximum atomic E-state index is 13.4. The predicted molar refractivity (Wildman–Crippen MR) is 118 cm³/mol. The van der Waals surface area contributed by atoms with Crippen LogP contribution in [-0.4, -0.2) is 0 Å². The van der Waals surface area contributed by atoms with E-state index in [4.69, 9.17) is 27.9 Å². The van der Waals surface area contributed by atoms with Crippen molar-refractivity contribution in [1.29, 1.82) is 0 Å². The Balaban J connectivity index is 1.52. The number of hydrogen-bond acceptors (Lipinski definition) is 2. The first-order valence-electron chi connectivity index (χ1n) is 9.17. The van der Waals surface area contributed by atoms with Gasteiger partial charge in [0.15, 0.2) is 0 Å². The Morgan fingerprint density at radius 3 is 2.52 bits per heavy atom. The van der Waals surface area contributed by atoms with E-state index in [1.807, 2.05) is 30.3 Å². The quantitative estimate of drug-likeness (QED) is 0.345. The number of hydrogen-bond donors (Lipinski definition) is 1. The van der Waals surface area contributed by atoms with Crippen LogP contribution in [0.25, 0.3) is 10.8 Å². The van der Waals surface area contributed by atoms with Crippen molar-refractivity contribution in [3.05, 3.63) is 106 Å². The van der Waals surface area contributed by atoms with Crippen LogP contribution in [0.3, 0.4) is 0 Å². The van der Waals surface area contributed by atoms with E-state index in [9.17, 15) is 4.39 Å². The maximum absolute atomic E-state index is 13.4. The summed E-state index contributed by atoms with van der Waals surface area (Å²) in [5, 5.41) is 6.28. The topological polar surface area (TPSA) is 21.3 Å². The van der Waals surface area contributed by atoms with Gasteiger partial charge in [-0.1, -0.05) is 65.7 Å². The Morgan fingerprint density at radius 1 is 0.828 bits per heavy atom. The third-order valence-electron chi connectivity index (χ3n) is 4.69. The van der Waals surface area contributed by atoms with Crippen LogP contribution in [-0.2, 0) is 13.2 Å². The van der Waals surface area contributed by atoms with Crippen molar-refractivity contribution >= 4 is 39.7 Å². The van der Waals surface area contributed by atoms with Crippen LogP contribution in [0.5, 0.6) is 5.75 Å². The monoisotopic (exact) mass is 425 g/mol. The molecule has 146 valence electrons. The number of nitrogens with one attached hydrogen (secondary N) is 1. The molecule has 0 unspecified atom stereocenters. The number of ether oxygens (including phenoxy) is 1. The van der Waals surface area contributed by atoms with E-state index < -0.39 is 5.82 Å². The molecule has 29 heavy (non-hydrogen) atoms. The van der Waals surface area contributed by atoms with Crippen LogP contribution in [0.1, 0.15) is 11.1 Å². The Morgan fingerprint density at radius 2 is 1.66 bits per heavy atom. The average Bonchev–Trinajstić information content (AvgIpc) is 2.74. The third kappa shape index (κ3) is 4.64. The van der Waals surface area contributed by atoms with Gasteiger partial charge in [-0.05, 0) is 52.7 Å². The van der Waals surface area contributed by atoms with E-state index in [-0.39, 0.29) is 5.02 Å². The average molecular weight is 426 g/mol. The van der Waals surface area contributed by atoms with Crippen molar-refractivity contribution in [2.75, 3.05) is 5.32 Å². The molecule has 0 aliphatic carbocycles. The fourth-order valence-electron chi connectivity index (χ4n) is 3.20. The van der Waals surface area contributed by atoms with Crippen molar-refractivity contribution in [2.45, 2.75) is 13.2 Å². The number of rotatable bonds is 6. The summed E-state index contributed by atoms with van der Waals surface area (Å²) in [6.07, 6.45) is 0. The molecule has 0 amide bonds. The molecular weight excluding hydrogens is 408 g/mol. The first-order chi connectivity index (χ1) is 14.1. The number of benzene rings is 4. The van der Waals surface area contributed by atoms with E-state index in [2.05, 4.69) is 29.6 Å². The van der Waals surface area contributed by atoms with Crippen molar-refractivity contribution in [3.8, 4) is 5.75 Å². The summed E-state index contributed by atoms with van der Waals surface area (Å²) in [6.45, 7) is 0.908. The lowest BCUT2D eigenvalue weighted by molar-refractivity contribution is 0.305. The van der Waals surface area contributed by atoms with Gasteiger partial charge in [0.25, 0.3) is 0 Å². The second-order valence-corrected chi connectivity index (χ2v) is 7.51. The molecule has 0 saturated carbocycles. The minimum atomic E-state index is -0.445. The van der Waals surface area contributed by atoms with Gasteiger partial charge >= 0.3 is 0 Å². The lowest BCUT2D eigenvalue weighted by atomic mass is 10.1. The van der Waals surface area contributed by atoms with Crippen molar-refractivity contribution in [2.24, 2.45) is 0 Å². The minimum Gasteiger partial charge on any atom is -0.489 e. The van der Waals surface area contributed by atoms with Gasteiger partial charge in [0, 0.05) is 22.8 Å². The van der Waals surface area contributed by atoms with Crippen LogP contribution < -0.4 is 10.1 Å². The van der Waals surface area contributed by atoms with Crippen LogP contribution in [0.15, 0.2) is 78.9 Å². The van der Waals surface area contributed by atoms with Crippen LogP contribution in [0.2, 0.25) is 10.0 Å². The number of halogens is 3. The van der Waals surface area contributed by atoms with Gasteiger partial charge in [0.2, 0.25) is 0 Å². The molecule has 0 spiro atoms. The van der Waals surface area contributed by atoms with E-state index >= 15 is 0 Å². The molecule has 0 aliphatic heterocycles. The summed E-state index contributed by atoms with van der Waals surface area (Å²) in [5.74, 6) is 0.294. The lowest BCUT2D eigenvalue weighted by Crippen LogP contribution is -2.04. The Bertz CT molecular complexity index is 1160. The minimum absolute atomic E-state index is 0.0773. The van der Waals surface area contributed by atoms with Crippen molar-refractivity contribution in [3.63, 3.8) is 0 Å². The molecule has 4 aromatic rings. The molecule has 0 bridgehead atoms. The molecule has 0 aromatic heterocycles. The second-order valence-electron chi connectivity index (χ2n) is 6.66. The smallest absolute Gasteiger partial charge is 0.141 e. The fourth-order valence-corrected chi connectivity index (χ4v) is 3.58. The summed E-state index contributed by atoms with van der Waals surface area (Å²) in [4.78, 5) is 0. The van der Waals surface area contributed by atoms with Crippen molar-refractivity contribution < 1.29 is 9.13 Å². The second kappa shape index (κ2) is 8.73. The van der Waals surface area contributed by atoms with Gasteiger partial charge in [0.05, 0.1) is 5.02 Å². The van der Waals surface area contributed by atoms with E-state index in [0.29, 0.717) is 18.2 Å². The molecule has 4 rings (SSSR count). The highest BCUT2D eigenvalue weighted by atomic mass is 35.5. The zero-order valence-corrected chi connectivity index (χ0v) is 17.0. The van der Waals surface area contributed by atoms with Crippen LogP contribution in [0.4, 0.5) is 10.1 Å². The highest BCUT2D eigenvalue weighted by molar-refractivity contribution is 6.31. The van der Waals surface area contributed by atoms with Gasteiger partial charge in [-0.3, -0.25) is 0 Å². The summed E-state index contributed by atoms with van der Waals surface area (Å²) >= 11 is 12.0. The molecular formula is C24H18Cl2FNO. The molecule has 0 fully saturated rings. The SMILES string of the molecule is Fc1ccc(NCc2cc(Cl)ccc2OCc2cccc3ccccc23)cc1Cl. The molecule has 2 nitrogen and oxygen atoms in total. The van der Waals surface area contributed by atoms with Gasteiger partial charge in [-0.15, -0.1) is 0 Å². The van der Waals surface area contributed by atoms with Gasteiger partial charge in [-0.2, -0.15) is 0 Å². The zero-order chi connectivity index (χ0) is 20.2. The van der Waals surface area contributed by atoms with Crippen LogP contribution in [0, 0.1) is 5.82 Å². The highest BCUT2D eigenvalue weighted by Gasteiger charge is 2.08. The van der Waals surface area contributed by atoms with Gasteiger partial charge < -0.3 is 10.1 Å². The standard InChI is InChI=1S/C24H18Cl2FNO/c25-19-8-11-24(18(12-19)14-28-20-9-10-23(27)22(26)13-20)29-15-17-6-3-5-16-4-1-2-7-21(16)17/h1-13,28H,14-15H2. The largest absolute Gasteiger partial charge is 0.489 e. The summed E-state index contributed by atoms with van der Waals surface area (Å²) in [6, 6.07) is 24.5. The Kier molecular flexibility index (Phi) is 5.89. The highest BCUT2D eigenvalue weighted by Crippen LogP contribution is 2.27. The fraction of sp³-hybridized carbons (Fsp3) is 0.0833. The van der Waals surface area contributed by atoms with Gasteiger partial charge in [0.1, 0.15) is 18.2 Å². The maximum Gasteiger partial charge on any atom is 0.141 e. The molecule has 5 heteroatoms. The van der Waals surface area contributed by atoms with Gasteiger partial charge in [-0.25, -0.2) is 4.39 Å². The van der Waals surface area contributed by atoms with Crippen LogP contribution >= 0.6 is 23.2 Å². The first kappa shape index (κ1) is 19.6. The summed E-state index contributed by atoms with van der Waals surface area (Å²) in [7, 11) is 0. The lowest BCUT2D eigenvalue weighted by Gasteiger charge is -2.15. The third-order valence-corrected chi connectivity index (χ3v) is 5.21. The predicted octanol–water partition coefficient (Wildman–Crippen LogP) is 7.48. The first-order valence-corrected chi connectivity index (χ1v) is 9.92. The number of fused-ring (bicyclic) bond motifs is 1. The van der Waals surface area contributed by atoms with E-state index in [0.717, 1.165) is 22.6 Å². The number of anilines is 1. The van der Waals surface area contributed by atoms with E-state index in [1.165, 1.54) is 16.8 Å². The van der Waals surface area contributed by atoms with E-state index in [1.54, 1.807) is 18.2 Å². The molecule has 1 N–H and O–H groups in total. The normalized spacial score (nSPS) is 10.9. The Hall–Kier alpha value is -2.75. The molecule has 0 saturated heterocycles. The van der Waals surface area contributed by atoms with Crippen molar-refractivity contribution in [1.82, 2.24) is 0 Å². The molecule has 0 atom stereocenters. The summed E-state index contributed by atoms with van der Waals surface area (Å²) in [5.41, 5.74) is 2.73.